The standard InChI is InChI=1S/C24H13Cl3N4O4S/c25-16-2-5-19(26)14(7-16)9-18-12-29-24(36-18)30-23(32)15(11-28)8-17-3-6-22(35-17)13-1-4-20(27)21(10-13)31(33)34/h1-8,10,12H,9H2,(H,29,30,32)/b15-8+. The summed E-state index contributed by atoms with van der Waals surface area (Å²) < 4.78 is 5.66. The third-order valence-corrected chi connectivity index (χ3v) is 6.69. The molecule has 0 aliphatic carbocycles. The lowest BCUT2D eigenvalue weighted by Gasteiger charge is -2.02. The highest BCUT2D eigenvalue weighted by Gasteiger charge is 2.17. The smallest absolute Gasteiger partial charge is 0.288 e. The van der Waals surface area contributed by atoms with Crippen LogP contribution in [0.5, 0.6) is 0 Å². The van der Waals surface area contributed by atoms with Gasteiger partial charge in [0.25, 0.3) is 11.6 Å². The van der Waals surface area contributed by atoms with Gasteiger partial charge in [-0.05, 0) is 48.0 Å². The average molecular weight is 560 g/mol. The number of anilines is 1. The summed E-state index contributed by atoms with van der Waals surface area (Å²) in [7, 11) is 0. The van der Waals surface area contributed by atoms with E-state index in [1.807, 2.05) is 6.07 Å². The Kier molecular flexibility index (Phi) is 7.72. The second-order valence-electron chi connectivity index (χ2n) is 7.29. The number of nitrogens with one attached hydrogen (secondary N) is 1. The van der Waals surface area contributed by atoms with E-state index in [9.17, 15) is 20.2 Å². The molecule has 4 aromatic rings. The van der Waals surface area contributed by atoms with E-state index < -0.39 is 10.8 Å². The van der Waals surface area contributed by atoms with Gasteiger partial charge in [0.2, 0.25) is 0 Å². The van der Waals surface area contributed by atoms with Crippen LogP contribution in [0.3, 0.4) is 0 Å². The van der Waals surface area contributed by atoms with E-state index in [-0.39, 0.29) is 22.0 Å². The number of benzene rings is 2. The number of carbonyl (C=O) groups excluding carboxylic acids is 1. The topological polar surface area (TPSA) is 122 Å². The van der Waals surface area contributed by atoms with Crippen LogP contribution < -0.4 is 5.32 Å². The zero-order chi connectivity index (χ0) is 25.8. The molecule has 2 aromatic carbocycles. The molecule has 0 radical (unpaired) electrons. The summed E-state index contributed by atoms with van der Waals surface area (Å²) in [6.07, 6.45) is 3.35. The van der Waals surface area contributed by atoms with Crippen molar-refractivity contribution in [1.82, 2.24) is 4.98 Å². The van der Waals surface area contributed by atoms with Crippen LogP contribution in [-0.2, 0) is 11.2 Å². The van der Waals surface area contributed by atoms with Crippen LogP contribution in [0.15, 0.2) is 64.7 Å². The van der Waals surface area contributed by atoms with Gasteiger partial charge >= 0.3 is 0 Å². The molecule has 2 aromatic heterocycles. The van der Waals surface area contributed by atoms with Crippen LogP contribution in [0.4, 0.5) is 10.8 Å². The minimum absolute atomic E-state index is 0.000119. The van der Waals surface area contributed by atoms with Crippen molar-refractivity contribution in [3.63, 3.8) is 0 Å². The number of nitrogens with zero attached hydrogens (tertiary/aromatic N) is 3. The number of hydrogen-bond acceptors (Lipinski definition) is 7. The van der Waals surface area contributed by atoms with Gasteiger partial charge in [-0.15, -0.1) is 11.3 Å². The fourth-order valence-corrected chi connectivity index (χ4v) is 4.56. The van der Waals surface area contributed by atoms with Crippen LogP contribution in [0, 0.1) is 21.4 Å². The first kappa shape index (κ1) is 25.4. The van der Waals surface area contributed by atoms with Gasteiger partial charge in [0.15, 0.2) is 5.13 Å². The number of carbonyl (C=O) groups is 1. The van der Waals surface area contributed by atoms with Gasteiger partial charge in [0, 0.05) is 45.2 Å². The maximum absolute atomic E-state index is 12.6. The molecule has 0 saturated heterocycles. The maximum Gasteiger partial charge on any atom is 0.288 e. The van der Waals surface area contributed by atoms with Crippen molar-refractivity contribution >= 4 is 68.9 Å². The molecule has 1 amide bonds. The summed E-state index contributed by atoms with van der Waals surface area (Å²) in [5, 5.41) is 24.7. The number of rotatable bonds is 7. The molecule has 0 spiro atoms. The summed E-state index contributed by atoms with van der Waals surface area (Å²) in [5.41, 5.74) is 0.764. The molecule has 0 aliphatic heterocycles. The van der Waals surface area contributed by atoms with E-state index in [1.165, 1.54) is 35.6 Å². The Hall–Kier alpha value is -3.68. The van der Waals surface area contributed by atoms with E-state index in [0.29, 0.717) is 32.9 Å². The number of nitro benzene ring substituents is 1. The highest BCUT2D eigenvalue weighted by atomic mass is 35.5. The number of nitro groups is 1. The molecule has 0 aliphatic rings. The van der Waals surface area contributed by atoms with Gasteiger partial charge in [-0.1, -0.05) is 34.8 Å². The second-order valence-corrected chi connectivity index (χ2v) is 9.66. The van der Waals surface area contributed by atoms with Crippen LogP contribution in [0.25, 0.3) is 17.4 Å². The fourth-order valence-electron chi connectivity index (χ4n) is 3.16. The summed E-state index contributed by atoms with van der Waals surface area (Å²) in [6.45, 7) is 0. The fraction of sp³-hybridized carbons (Fsp3) is 0.0417. The second kappa shape index (κ2) is 10.9. The van der Waals surface area contributed by atoms with E-state index >= 15 is 0 Å². The van der Waals surface area contributed by atoms with Crippen LogP contribution >= 0.6 is 46.1 Å². The lowest BCUT2D eigenvalue weighted by Crippen LogP contribution is -2.13. The molecule has 2 heterocycles. The summed E-state index contributed by atoms with van der Waals surface area (Å²) in [6, 6.07) is 14.4. The largest absolute Gasteiger partial charge is 0.457 e. The number of hydrogen-bond donors (Lipinski definition) is 1. The Morgan fingerprint density at radius 3 is 2.69 bits per heavy atom. The minimum Gasteiger partial charge on any atom is -0.457 e. The Morgan fingerprint density at radius 2 is 1.94 bits per heavy atom. The molecular formula is C24H13Cl3N4O4S. The van der Waals surface area contributed by atoms with Crippen molar-refractivity contribution in [2.45, 2.75) is 6.42 Å². The molecule has 8 nitrogen and oxygen atoms in total. The van der Waals surface area contributed by atoms with Crippen molar-refractivity contribution in [2.24, 2.45) is 0 Å². The lowest BCUT2D eigenvalue weighted by molar-refractivity contribution is -0.384. The van der Waals surface area contributed by atoms with Crippen molar-refractivity contribution in [3.05, 3.63) is 102 Å². The van der Waals surface area contributed by atoms with Crippen LogP contribution in [0.1, 0.15) is 16.2 Å². The van der Waals surface area contributed by atoms with Gasteiger partial charge in [0.1, 0.15) is 28.2 Å². The highest BCUT2D eigenvalue weighted by Crippen LogP contribution is 2.32. The van der Waals surface area contributed by atoms with Gasteiger partial charge in [0.05, 0.1) is 4.92 Å². The Balaban J connectivity index is 1.48. The Morgan fingerprint density at radius 1 is 1.17 bits per heavy atom. The minimum atomic E-state index is -0.667. The first-order valence-electron chi connectivity index (χ1n) is 10.1. The zero-order valence-corrected chi connectivity index (χ0v) is 21.1. The van der Waals surface area contributed by atoms with Gasteiger partial charge in [-0.3, -0.25) is 20.2 Å². The van der Waals surface area contributed by atoms with Gasteiger partial charge in [-0.25, -0.2) is 4.98 Å². The first-order chi connectivity index (χ1) is 17.2. The molecule has 0 unspecified atom stereocenters. The maximum atomic E-state index is 12.6. The monoisotopic (exact) mass is 558 g/mol. The number of thiazole rings is 1. The Bertz CT molecular complexity index is 1550. The van der Waals surface area contributed by atoms with Gasteiger partial charge < -0.3 is 4.42 Å². The highest BCUT2D eigenvalue weighted by molar-refractivity contribution is 7.15. The molecule has 36 heavy (non-hydrogen) atoms. The van der Waals surface area contributed by atoms with E-state index in [4.69, 9.17) is 39.2 Å². The third kappa shape index (κ3) is 5.93. The lowest BCUT2D eigenvalue weighted by atomic mass is 10.1. The molecule has 1 N–H and O–H groups in total. The predicted octanol–water partition coefficient (Wildman–Crippen LogP) is 7.41. The summed E-state index contributed by atoms with van der Waals surface area (Å²) >= 11 is 19.3. The van der Waals surface area contributed by atoms with E-state index in [2.05, 4.69) is 10.3 Å². The van der Waals surface area contributed by atoms with Crippen LogP contribution in [0.2, 0.25) is 15.1 Å². The summed E-state index contributed by atoms with van der Waals surface area (Å²) in [4.78, 5) is 28.2. The number of halogens is 3. The molecule has 0 fully saturated rings. The number of amides is 1. The Labute approximate surface area is 223 Å². The number of aromatic nitrogens is 1. The number of furan rings is 1. The van der Waals surface area contributed by atoms with Crippen molar-refractivity contribution in [3.8, 4) is 17.4 Å². The van der Waals surface area contributed by atoms with E-state index in [0.717, 1.165) is 10.4 Å². The predicted molar refractivity (Wildman–Crippen MR) is 139 cm³/mol. The van der Waals surface area contributed by atoms with Gasteiger partial charge in [-0.2, -0.15) is 5.26 Å². The zero-order valence-electron chi connectivity index (χ0n) is 18.0. The molecule has 4 rings (SSSR count). The van der Waals surface area contributed by atoms with Crippen molar-refractivity contribution in [2.75, 3.05) is 5.32 Å². The molecule has 0 atom stereocenters. The molecule has 0 bridgehead atoms. The first-order valence-corrected chi connectivity index (χ1v) is 12.0. The van der Waals surface area contributed by atoms with Crippen LogP contribution in [-0.4, -0.2) is 15.8 Å². The molecule has 180 valence electrons. The summed E-state index contributed by atoms with van der Waals surface area (Å²) in [5.74, 6) is -0.146. The molecule has 12 heteroatoms. The van der Waals surface area contributed by atoms with E-state index in [1.54, 1.807) is 36.5 Å². The average Bonchev–Trinajstić information content (AvgIpc) is 3.49. The quantitative estimate of drug-likeness (QED) is 0.109. The number of nitriles is 1. The SMILES string of the molecule is N#C/C(=C\c1ccc(-c2ccc(Cl)c([N+](=O)[O-])c2)o1)C(=O)Nc1ncc(Cc2cc(Cl)ccc2Cl)s1. The molecular weight excluding hydrogens is 547 g/mol. The molecule has 0 saturated carbocycles. The van der Waals surface area contributed by atoms with Crippen molar-refractivity contribution < 1.29 is 14.1 Å². The normalized spacial score (nSPS) is 11.2. The third-order valence-electron chi connectivity index (χ3n) is 4.85. The van der Waals surface area contributed by atoms with Crippen molar-refractivity contribution in [1.29, 1.82) is 5.26 Å².